The summed E-state index contributed by atoms with van der Waals surface area (Å²) >= 11 is 0. The summed E-state index contributed by atoms with van der Waals surface area (Å²) in [5.74, 6) is -0.613. The van der Waals surface area contributed by atoms with Crippen molar-refractivity contribution in [1.29, 1.82) is 0 Å². The number of aryl methyl sites for hydroxylation is 1. The van der Waals surface area contributed by atoms with Crippen molar-refractivity contribution in [2.75, 3.05) is 10.6 Å². The highest BCUT2D eigenvalue weighted by Gasteiger charge is 2.30. The molecule has 200 valence electrons. The number of carbonyl (C=O) groups is 2. The molecule has 3 aromatic heterocycles. The maximum atomic E-state index is 14.9. The zero-order valence-corrected chi connectivity index (χ0v) is 21.4. The molecule has 0 aliphatic heterocycles. The van der Waals surface area contributed by atoms with Crippen molar-refractivity contribution in [2.45, 2.75) is 19.8 Å². The molecule has 3 heterocycles. The Kier molecular flexibility index (Phi) is 6.35. The molecule has 2 amide bonds. The molecule has 2 N–H and O–H groups in total. The molecule has 0 radical (unpaired) electrons. The first-order valence-electron chi connectivity index (χ1n) is 12.7. The molecule has 2 aromatic carbocycles. The zero-order chi connectivity index (χ0) is 27.8. The number of aromatic nitrogens is 3. The Morgan fingerprint density at radius 1 is 1.00 bits per heavy atom. The third kappa shape index (κ3) is 5.06. The first-order chi connectivity index (χ1) is 19.4. The summed E-state index contributed by atoms with van der Waals surface area (Å²) in [6.07, 6.45) is 6.67. The molecule has 0 spiro atoms. The number of para-hydroxylation sites is 1. The number of imidazole rings is 1. The largest absolute Gasteiger partial charge is 0.453 e. The predicted molar refractivity (Wildman–Crippen MR) is 148 cm³/mol. The van der Waals surface area contributed by atoms with E-state index in [0.29, 0.717) is 22.9 Å². The molecule has 9 nitrogen and oxygen atoms in total. The number of amides is 2. The maximum Gasteiger partial charge on any atom is 0.267 e. The normalized spacial score (nSPS) is 12.8. The second-order valence-electron chi connectivity index (χ2n) is 9.60. The Morgan fingerprint density at radius 2 is 1.82 bits per heavy atom. The van der Waals surface area contributed by atoms with E-state index in [1.807, 2.05) is 25.1 Å². The van der Waals surface area contributed by atoms with Gasteiger partial charge in [0.1, 0.15) is 17.0 Å². The van der Waals surface area contributed by atoms with E-state index < -0.39 is 17.3 Å². The van der Waals surface area contributed by atoms with Crippen molar-refractivity contribution in [3.05, 3.63) is 113 Å². The number of halogens is 1. The van der Waals surface area contributed by atoms with Gasteiger partial charge in [-0.05, 0) is 67.8 Å². The fourth-order valence-corrected chi connectivity index (χ4v) is 4.34. The number of nitrogens with one attached hydrogen (secondary N) is 2. The van der Waals surface area contributed by atoms with E-state index in [9.17, 15) is 18.8 Å². The Labute approximate surface area is 227 Å². The monoisotopic (exact) mass is 537 g/mol. The highest BCUT2D eigenvalue weighted by molar-refractivity contribution is 6.04. The minimum Gasteiger partial charge on any atom is -0.453 e. The Bertz CT molecular complexity index is 1840. The van der Waals surface area contributed by atoms with E-state index in [0.717, 1.165) is 24.5 Å². The molecule has 1 saturated carbocycles. The van der Waals surface area contributed by atoms with Gasteiger partial charge in [-0.15, -0.1) is 0 Å². The smallest absolute Gasteiger partial charge is 0.267 e. The van der Waals surface area contributed by atoms with E-state index in [1.54, 1.807) is 47.3 Å². The molecule has 0 bridgehead atoms. The lowest BCUT2D eigenvalue weighted by atomic mass is 10.2. The Balaban J connectivity index is 1.16. The number of carbonyl (C=O) groups excluding carboxylic acids is 2. The van der Waals surface area contributed by atoms with Gasteiger partial charge in [0.25, 0.3) is 11.5 Å². The van der Waals surface area contributed by atoms with Gasteiger partial charge in [-0.3, -0.25) is 19.0 Å². The summed E-state index contributed by atoms with van der Waals surface area (Å²) in [5.41, 5.74) is 1.75. The number of nitrogens with zero attached hydrogens (tertiary/aromatic N) is 3. The molecular formula is C30H24FN5O4. The van der Waals surface area contributed by atoms with Gasteiger partial charge in [-0.1, -0.05) is 18.2 Å². The fourth-order valence-electron chi connectivity index (χ4n) is 4.34. The second kappa shape index (κ2) is 10.1. The summed E-state index contributed by atoms with van der Waals surface area (Å²) in [4.78, 5) is 42.3. The van der Waals surface area contributed by atoms with E-state index in [4.69, 9.17) is 4.74 Å². The lowest BCUT2D eigenvalue weighted by Gasteiger charge is -2.12. The lowest BCUT2D eigenvalue weighted by Crippen LogP contribution is -2.28. The van der Waals surface area contributed by atoms with E-state index in [1.165, 1.54) is 22.8 Å². The fraction of sp³-hybridized carbons (Fsp3) is 0.133. The zero-order valence-electron chi connectivity index (χ0n) is 21.4. The van der Waals surface area contributed by atoms with Crippen LogP contribution >= 0.6 is 0 Å². The molecule has 0 saturated heterocycles. The topological polar surface area (TPSA) is 107 Å². The molecule has 1 fully saturated rings. The van der Waals surface area contributed by atoms with Crippen LogP contribution in [0, 0.1) is 18.7 Å². The average molecular weight is 538 g/mol. The van der Waals surface area contributed by atoms with Crippen LogP contribution in [0.4, 0.5) is 15.9 Å². The summed E-state index contributed by atoms with van der Waals surface area (Å²) in [7, 11) is 0. The summed E-state index contributed by atoms with van der Waals surface area (Å²) < 4.78 is 23.7. The third-order valence-electron chi connectivity index (χ3n) is 6.61. The van der Waals surface area contributed by atoms with Crippen LogP contribution in [0.25, 0.3) is 11.3 Å². The van der Waals surface area contributed by atoms with Crippen molar-refractivity contribution >= 4 is 29.0 Å². The lowest BCUT2D eigenvalue weighted by molar-refractivity contribution is -0.117. The minimum atomic E-state index is -0.703. The molecule has 5 aromatic rings. The van der Waals surface area contributed by atoms with Crippen LogP contribution in [0.5, 0.6) is 11.5 Å². The SMILES string of the molecule is Cc1ccccc1-n1cccc(C(=O)Nc2ccc(Oc3ccc4nc(NC(=O)C5CC5)cn4c3)c(F)c2)c1=O. The summed E-state index contributed by atoms with van der Waals surface area (Å²) in [6.45, 7) is 1.88. The van der Waals surface area contributed by atoms with Gasteiger partial charge in [-0.25, -0.2) is 9.37 Å². The number of ether oxygens (including phenoxy) is 1. The van der Waals surface area contributed by atoms with Crippen LogP contribution in [0.1, 0.15) is 28.8 Å². The standard InChI is InChI=1S/C30H24FN5O4/c1-18-5-2-3-7-24(18)36-14-4-6-22(30(36)39)29(38)32-20-10-12-25(23(31)15-20)40-21-11-13-27-33-26(17-35(27)16-21)34-28(37)19-8-9-19/h2-7,10-17,19H,8-9H2,1H3,(H,32,38)(H,34,37). The van der Waals surface area contributed by atoms with Gasteiger partial charge in [0.15, 0.2) is 17.4 Å². The second-order valence-corrected chi connectivity index (χ2v) is 9.60. The van der Waals surface area contributed by atoms with E-state index >= 15 is 0 Å². The number of anilines is 2. The van der Waals surface area contributed by atoms with Gasteiger partial charge < -0.3 is 19.8 Å². The molecule has 0 unspecified atom stereocenters. The van der Waals surface area contributed by atoms with Crippen LogP contribution in [0.15, 0.2) is 90.1 Å². The highest BCUT2D eigenvalue weighted by atomic mass is 19.1. The number of fused-ring (bicyclic) bond motifs is 1. The quantitative estimate of drug-likeness (QED) is 0.292. The number of hydrogen-bond donors (Lipinski definition) is 2. The molecule has 1 aliphatic rings. The van der Waals surface area contributed by atoms with Crippen molar-refractivity contribution in [3.63, 3.8) is 0 Å². The van der Waals surface area contributed by atoms with Crippen molar-refractivity contribution < 1.29 is 18.7 Å². The van der Waals surface area contributed by atoms with E-state index in [-0.39, 0.29) is 28.8 Å². The van der Waals surface area contributed by atoms with Crippen molar-refractivity contribution in [1.82, 2.24) is 14.0 Å². The molecule has 10 heteroatoms. The number of hydrogen-bond acceptors (Lipinski definition) is 5. The predicted octanol–water partition coefficient (Wildman–Crippen LogP) is 5.33. The van der Waals surface area contributed by atoms with Gasteiger partial charge >= 0.3 is 0 Å². The van der Waals surface area contributed by atoms with Gasteiger partial charge in [0.2, 0.25) is 5.91 Å². The highest BCUT2D eigenvalue weighted by Crippen LogP contribution is 2.31. The van der Waals surface area contributed by atoms with Gasteiger partial charge in [0.05, 0.1) is 18.1 Å². The van der Waals surface area contributed by atoms with Crippen LogP contribution < -0.4 is 20.9 Å². The Hall–Kier alpha value is -5.25. The number of benzene rings is 2. The molecule has 0 atom stereocenters. The molecule has 1 aliphatic carbocycles. The minimum absolute atomic E-state index is 0.0432. The third-order valence-corrected chi connectivity index (χ3v) is 6.61. The first-order valence-corrected chi connectivity index (χ1v) is 12.7. The summed E-state index contributed by atoms with van der Waals surface area (Å²) in [6, 6.07) is 17.7. The molecule has 40 heavy (non-hydrogen) atoms. The molecule has 6 rings (SSSR count). The van der Waals surface area contributed by atoms with Crippen LogP contribution in [-0.4, -0.2) is 25.8 Å². The van der Waals surface area contributed by atoms with Crippen molar-refractivity contribution in [3.8, 4) is 17.2 Å². The average Bonchev–Trinajstić information content (AvgIpc) is 3.71. The number of pyridine rings is 2. The van der Waals surface area contributed by atoms with Gasteiger partial charge in [0, 0.05) is 23.9 Å². The van der Waals surface area contributed by atoms with Crippen LogP contribution in [0.2, 0.25) is 0 Å². The van der Waals surface area contributed by atoms with Crippen molar-refractivity contribution in [2.24, 2.45) is 5.92 Å². The Morgan fingerprint density at radius 3 is 2.60 bits per heavy atom. The maximum absolute atomic E-state index is 14.9. The summed E-state index contributed by atoms with van der Waals surface area (Å²) in [5, 5.41) is 5.38. The van der Waals surface area contributed by atoms with E-state index in [2.05, 4.69) is 15.6 Å². The molecular weight excluding hydrogens is 513 g/mol. The van der Waals surface area contributed by atoms with Crippen LogP contribution in [-0.2, 0) is 4.79 Å². The number of rotatable bonds is 7. The van der Waals surface area contributed by atoms with Gasteiger partial charge in [-0.2, -0.15) is 0 Å². The first kappa shape index (κ1) is 25.1. The van der Waals surface area contributed by atoms with Crippen LogP contribution in [0.3, 0.4) is 0 Å².